The maximum Gasteiger partial charge on any atom is 0.0345 e. The highest BCUT2D eigenvalue weighted by Crippen LogP contribution is 2.29. The first-order valence-electron chi connectivity index (χ1n) is 5.49. The smallest absolute Gasteiger partial charge is 0.0345 e. The lowest BCUT2D eigenvalue weighted by molar-refractivity contribution is 0.309. The first kappa shape index (κ1) is 9.57. The van der Waals surface area contributed by atoms with Crippen molar-refractivity contribution in [3.05, 3.63) is 29.3 Å². The molecule has 1 heteroatoms. The van der Waals surface area contributed by atoms with Crippen molar-refractivity contribution < 1.29 is 0 Å². The van der Waals surface area contributed by atoms with E-state index < -0.39 is 0 Å². The standard InChI is InChI=1S/C13H19N/c1-9-6-13(7-9)14-12-5-4-10(2)11(3)8-12/h4-5,8-9,13-14H,6-7H2,1-3H3. The van der Waals surface area contributed by atoms with E-state index in [1.165, 1.54) is 29.7 Å². The van der Waals surface area contributed by atoms with Gasteiger partial charge in [0, 0.05) is 11.7 Å². The van der Waals surface area contributed by atoms with Gasteiger partial charge in [0.1, 0.15) is 0 Å². The van der Waals surface area contributed by atoms with Gasteiger partial charge in [0.2, 0.25) is 0 Å². The highest BCUT2D eigenvalue weighted by molar-refractivity contribution is 5.49. The third-order valence-electron chi connectivity index (χ3n) is 3.25. The number of rotatable bonds is 2. The predicted molar refractivity (Wildman–Crippen MR) is 61.7 cm³/mol. The van der Waals surface area contributed by atoms with Crippen LogP contribution in [0.15, 0.2) is 18.2 Å². The van der Waals surface area contributed by atoms with Crippen LogP contribution in [0.25, 0.3) is 0 Å². The zero-order valence-corrected chi connectivity index (χ0v) is 9.30. The molecule has 0 heterocycles. The normalized spacial score (nSPS) is 25.6. The molecule has 1 N–H and O–H groups in total. The summed E-state index contributed by atoms with van der Waals surface area (Å²) in [5.74, 6) is 0.916. The molecular weight excluding hydrogens is 170 g/mol. The second-order valence-corrected chi connectivity index (χ2v) is 4.72. The highest BCUT2D eigenvalue weighted by atomic mass is 14.9. The fourth-order valence-electron chi connectivity index (χ4n) is 2.09. The Hall–Kier alpha value is -0.980. The fourth-order valence-corrected chi connectivity index (χ4v) is 2.09. The van der Waals surface area contributed by atoms with E-state index in [-0.39, 0.29) is 0 Å². The van der Waals surface area contributed by atoms with E-state index >= 15 is 0 Å². The van der Waals surface area contributed by atoms with Crippen LogP contribution >= 0.6 is 0 Å². The van der Waals surface area contributed by atoms with E-state index in [0.717, 1.165) is 5.92 Å². The second kappa shape index (κ2) is 3.64. The Morgan fingerprint density at radius 1 is 1.14 bits per heavy atom. The Bertz CT molecular complexity index is 324. The Labute approximate surface area is 86.5 Å². The topological polar surface area (TPSA) is 12.0 Å². The lowest BCUT2D eigenvalue weighted by Gasteiger charge is -2.34. The van der Waals surface area contributed by atoms with Gasteiger partial charge in [-0.15, -0.1) is 0 Å². The molecule has 0 amide bonds. The minimum absolute atomic E-state index is 0.715. The summed E-state index contributed by atoms with van der Waals surface area (Å²) in [6.07, 6.45) is 2.65. The number of aryl methyl sites for hydroxylation is 2. The number of nitrogens with one attached hydrogen (secondary N) is 1. The summed E-state index contributed by atoms with van der Waals surface area (Å²) in [5, 5.41) is 3.58. The van der Waals surface area contributed by atoms with Gasteiger partial charge in [0.25, 0.3) is 0 Å². The first-order valence-corrected chi connectivity index (χ1v) is 5.49. The Balaban J connectivity index is 2.00. The number of hydrogen-bond donors (Lipinski definition) is 1. The minimum Gasteiger partial charge on any atom is -0.382 e. The molecule has 0 spiro atoms. The molecule has 2 rings (SSSR count). The van der Waals surface area contributed by atoms with Gasteiger partial charge in [-0.05, 0) is 55.9 Å². The van der Waals surface area contributed by atoms with Gasteiger partial charge in [0.05, 0.1) is 0 Å². The average Bonchev–Trinajstić information content (AvgIpc) is 2.09. The molecule has 1 aromatic carbocycles. The molecule has 0 aliphatic heterocycles. The lowest BCUT2D eigenvalue weighted by atomic mass is 9.82. The van der Waals surface area contributed by atoms with Crippen LogP contribution in [-0.2, 0) is 0 Å². The molecular formula is C13H19N. The van der Waals surface area contributed by atoms with E-state index in [0.29, 0.717) is 6.04 Å². The molecule has 0 unspecified atom stereocenters. The summed E-state index contributed by atoms with van der Waals surface area (Å²) in [6, 6.07) is 7.34. The lowest BCUT2D eigenvalue weighted by Crippen LogP contribution is -2.33. The largest absolute Gasteiger partial charge is 0.382 e. The van der Waals surface area contributed by atoms with Crippen molar-refractivity contribution in [2.24, 2.45) is 5.92 Å². The van der Waals surface area contributed by atoms with Crippen molar-refractivity contribution >= 4 is 5.69 Å². The Kier molecular flexibility index (Phi) is 2.49. The van der Waals surface area contributed by atoms with E-state index in [1.807, 2.05) is 0 Å². The maximum absolute atomic E-state index is 3.58. The van der Waals surface area contributed by atoms with Crippen LogP contribution in [0.3, 0.4) is 0 Å². The molecule has 1 aliphatic carbocycles. The van der Waals surface area contributed by atoms with Gasteiger partial charge in [-0.2, -0.15) is 0 Å². The maximum atomic E-state index is 3.58. The van der Waals surface area contributed by atoms with Crippen molar-refractivity contribution in [3.63, 3.8) is 0 Å². The van der Waals surface area contributed by atoms with Gasteiger partial charge in [0.15, 0.2) is 0 Å². The minimum atomic E-state index is 0.715. The van der Waals surface area contributed by atoms with Crippen molar-refractivity contribution in [2.45, 2.75) is 39.7 Å². The molecule has 0 atom stereocenters. The number of anilines is 1. The van der Waals surface area contributed by atoms with Gasteiger partial charge >= 0.3 is 0 Å². The van der Waals surface area contributed by atoms with Gasteiger partial charge in [-0.25, -0.2) is 0 Å². The molecule has 0 saturated heterocycles. The van der Waals surface area contributed by atoms with Crippen LogP contribution in [0.1, 0.15) is 30.9 Å². The van der Waals surface area contributed by atoms with Crippen molar-refractivity contribution in [1.82, 2.24) is 0 Å². The fraction of sp³-hybridized carbons (Fsp3) is 0.538. The van der Waals surface area contributed by atoms with Gasteiger partial charge in [-0.3, -0.25) is 0 Å². The van der Waals surface area contributed by atoms with Gasteiger partial charge in [-0.1, -0.05) is 13.0 Å². The van der Waals surface area contributed by atoms with E-state index in [1.54, 1.807) is 0 Å². The third kappa shape index (κ3) is 1.92. The van der Waals surface area contributed by atoms with E-state index in [9.17, 15) is 0 Å². The van der Waals surface area contributed by atoms with Crippen LogP contribution in [-0.4, -0.2) is 6.04 Å². The van der Waals surface area contributed by atoms with Crippen LogP contribution in [0.4, 0.5) is 5.69 Å². The van der Waals surface area contributed by atoms with Crippen LogP contribution < -0.4 is 5.32 Å². The summed E-state index contributed by atoms with van der Waals surface area (Å²) in [4.78, 5) is 0. The highest BCUT2D eigenvalue weighted by Gasteiger charge is 2.24. The van der Waals surface area contributed by atoms with Crippen molar-refractivity contribution in [3.8, 4) is 0 Å². The molecule has 1 aromatic rings. The summed E-state index contributed by atoms with van der Waals surface area (Å²) in [7, 11) is 0. The molecule has 14 heavy (non-hydrogen) atoms. The molecule has 0 aromatic heterocycles. The van der Waals surface area contributed by atoms with Crippen LogP contribution in [0.5, 0.6) is 0 Å². The summed E-state index contributed by atoms with van der Waals surface area (Å²) >= 11 is 0. The SMILES string of the molecule is Cc1ccc(NC2CC(C)C2)cc1C. The number of benzene rings is 1. The monoisotopic (exact) mass is 189 g/mol. The Morgan fingerprint density at radius 3 is 2.43 bits per heavy atom. The molecule has 76 valence electrons. The zero-order valence-electron chi connectivity index (χ0n) is 9.30. The second-order valence-electron chi connectivity index (χ2n) is 4.72. The zero-order chi connectivity index (χ0) is 10.1. The third-order valence-corrected chi connectivity index (χ3v) is 3.25. The average molecular weight is 189 g/mol. The molecule has 0 radical (unpaired) electrons. The molecule has 1 fully saturated rings. The van der Waals surface area contributed by atoms with Crippen LogP contribution in [0, 0.1) is 19.8 Å². The Morgan fingerprint density at radius 2 is 1.86 bits per heavy atom. The van der Waals surface area contributed by atoms with E-state index in [4.69, 9.17) is 0 Å². The summed E-state index contributed by atoms with van der Waals surface area (Å²) in [6.45, 7) is 6.65. The first-order chi connectivity index (χ1) is 6.65. The predicted octanol–water partition coefficient (Wildman–Crippen LogP) is 3.51. The van der Waals surface area contributed by atoms with E-state index in [2.05, 4.69) is 44.3 Å². The molecule has 1 nitrogen and oxygen atoms in total. The number of hydrogen-bond acceptors (Lipinski definition) is 1. The van der Waals surface area contributed by atoms with Gasteiger partial charge < -0.3 is 5.32 Å². The summed E-state index contributed by atoms with van der Waals surface area (Å²) in [5.41, 5.74) is 4.03. The van der Waals surface area contributed by atoms with Crippen LogP contribution in [0.2, 0.25) is 0 Å². The molecule has 1 saturated carbocycles. The van der Waals surface area contributed by atoms with Crippen molar-refractivity contribution in [1.29, 1.82) is 0 Å². The quantitative estimate of drug-likeness (QED) is 0.750. The summed E-state index contributed by atoms with van der Waals surface area (Å²) < 4.78 is 0. The van der Waals surface area contributed by atoms with Crippen molar-refractivity contribution in [2.75, 3.05) is 5.32 Å². The molecule has 1 aliphatic rings. The molecule has 0 bridgehead atoms.